The van der Waals surface area contributed by atoms with Gasteiger partial charge in [0.1, 0.15) is 0 Å². The molecule has 3 heteroatoms. The summed E-state index contributed by atoms with van der Waals surface area (Å²) in [6, 6.07) is 32.5. The van der Waals surface area contributed by atoms with Crippen LogP contribution in [0.3, 0.4) is 0 Å². The summed E-state index contributed by atoms with van der Waals surface area (Å²) in [4.78, 5) is 11.4. The second kappa shape index (κ2) is 10.1. The molecular formula is C25H27O2P. The fourth-order valence-electron chi connectivity index (χ4n) is 3.55. The number of benzene rings is 3. The topological polar surface area (TPSA) is 26.3 Å². The predicted octanol–water partition coefficient (Wildman–Crippen LogP) is 4.52. The molecule has 0 spiro atoms. The Balaban J connectivity index is 2.06. The van der Waals surface area contributed by atoms with Crippen LogP contribution in [0.1, 0.15) is 25.7 Å². The van der Waals surface area contributed by atoms with E-state index in [2.05, 4.69) is 96.8 Å². The van der Waals surface area contributed by atoms with Crippen LogP contribution in [0.25, 0.3) is 0 Å². The van der Waals surface area contributed by atoms with Crippen molar-refractivity contribution in [2.45, 2.75) is 25.7 Å². The van der Waals surface area contributed by atoms with E-state index >= 15 is 0 Å². The number of ether oxygens (including phenoxy) is 1. The third-order valence-electron chi connectivity index (χ3n) is 4.96. The van der Waals surface area contributed by atoms with Crippen LogP contribution < -0.4 is 15.9 Å². The van der Waals surface area contributed by atoms with Crippen molar-refractivity contribution in [3.8, 4) is 0 Å². The minimum Gasteiger partial charge on any atom is -0.469 e. The van der Waals surface area contributed by atoms with Gasteiger partial charge in [-0.25, -0.2) is 0 Å². The Morgan fingerprint density at radius 1 is 0.750 bits per heavy atom. The zero-order valence-electron chi connectivity index (χ0n) is 16.3. The van der Waals surface area contributed by atoms with Crippen molar-refractivity contribution >= 4 is 34.6 Å². The van der Waals surface area contributed by atoms with Crippen LogP contribution in [0.4, 0.5) is 0 Å². The molecule has 0 aliphatic carbocycles. The number of hydrogen-bond donors (Lipinski definition) is 0. The van der Waals surface area contributed by atoms with Crippen molar-refractivity contribution in [1.29, 1.82) is 0 Å². The van der Waals surface area contributed by atoms with Gasteiger partial charge in [0.2, 0.25) is 0 Å². The lowest BCUT2D eigenvalue weighted by Crippen LogP contribution is -2.27. The molecular weight excluding hydrogens is 363 g/mol. The van der Waals surface area contributed by atoms with Gasteiger partial charge in [-0.1, -0.05) is 96.8 Å². The normalized spacial score (nSPS) is 11.0. The van der Waals surface area contributed by atoms with Gasteiger partial charge in [0, 0.05) is 6.42 Å². The predicted molar refractivity (Wildman–Crippen MR) is 122 cm³/mol. The first-order valence-electron chi connectivity index (χ1n) is 9.74. The van der Waals surface area contributed by atoms with Gasteiger partial charge in [-0.15, -0.1) is 0 Å². The SMILES string of the molecule is COC(=O)CCCCC=P(c1ccccc1)(c1ccccc1)c1ccccc1. The molecule has 144 valence electrons. The highest BCUT2D eigenvalue weighted by molar-refractivity contribution is 7.94. The fraction of sp³-hybridized carbons (Fsp3) is 0.200. The summed E-state index contributed by atoms with van der Waals surface area (Å²) in [5.74, 6) is 2.39. The molecule has 0 saturated carbocycles. The molecule has 0 radical (unpaired) electrons. The van der Waals surface area contributed by atoms with Crippen LogP contribution in [0.15, 0.2) is 91.0 Å². The van der Waals surface area contributed by atoms with E-state index < -0.39 is 6.89 Å². The molecule has 0 amide bonds. The van der Waals surface area contributed by atoms with Crippen LogP contribution in [0.5, 0.6) is 0 Å². The van der Waals surface area contributed by atoms with E-state index in [1.165, 1.54) is 23.0 Å². The van der Waals surface area contributed by atoms with Crippen LogP contribution in [0, 0.1) is 0 Å². The summed E-state index contributed by atoms with van der Waals surface area (Å²) in [5, 5.41) is 4.08. The van der Waals surface area contributed by atoms with E-state index in [1.807, 2.05) is 0 Å². The number of carbonyl (C=O) groups excluding carboxylic acids is 1. The number of esters is 1. The van der Waals surface area contributed by atoms with Gasteiger partial charge in [0.05, 0.1) is 7.11 Å². The summed E-state index contributed by atoms with van der Waals surface area (Å²) in [5.41, 5.74) is 0. The van der Waals surface area contributed by atoms with E-state index in [0.29, 0.717) is 6.42 Å². The molecule has 2 nitrogen and oxygen atoms in total. The highest BCUT2D eigenvalue weighted by atomic mass is 31.2. The second-order valence-corrected chi connectivity index (χ2v) is 10.1. The Hall–Kier alpha value is -2.57. The van der Waals surface area contributed by atoms with E-state index in [0.717, 1.165) is 19.3 Å². The summed E-state index contributed by atoms with van der Waals surface area (Å²) >= 11 is 0. The van der Waals surface area contributed by atoms with E-state index in [4.69, 9.17) is 4.74 Å². The van der Waals surface area contributed by atoms with E-state index in [1.54, 1.807) is 0 Å². The number of rotatable bonds is 8. The summed E-state index contributed by atoms with van der Waals surface area (Å²) < 4.78 is 4.76. The molecule has 0 saturated heterocycles. The zero-order valence-corrected chi connectivity index (χ0v) is 17.2. The van der Waals surface area contributed by atoms with Crippen LogP contribution in [-0.4, -0.2) is 18.9 Å². The molecule has 0 fully saturated rings. The minimum absolute atomic E-state index is 0.129. The number of hydrogen-bond acceptors (Lipinski definition) is 2. The van der Waals surface area contributed by atoms with Crippen LogP contribution in [0.2, 0.25) is 0 Å². The van der Waals surface area contributed by atoms with Crippen molar-refractivity contribution in [3.63, 3.8) is 0 Å². The maximum absolute atomic E-state index is 11.4. The molecule has 0 bridgehead atoms. The second-order valence-electron chi connectivity index (χ2n) is 6.73. The van der Waals surface area contributed by atoms with Gasteiger partial charge in [-0.2, -0.15) is 0 Å². The third kappa shape index (κ3) is 4.64. The molecule has 3 rings (SSSR count). The van der Waals surface area contributed by atoms with E-state index in [9.17, 15) is 4.79 Å². The molecule has 28 heavy (non-hydrogen) atoms. The maximum atomic E-state index is 11.4. The van der Waals surface area contributed by atoms with Gasteiger partial charge < -0.3 is 4.74 Å². The Morgan fingerprint density at radius 2 is 1.18 bits per heavy atom. The standard InChI is InChI=1S/C25H27O2P/c1-27-25(26)20-12-5-13-21-28(22-14-6-2-7-15-22,23-16-8-3-9-17-23)24-18-10-4-11-19-24/h2-4,6-11,14-19,21H,5,12-13,20H2,1H3. The lowest BCUT2D eigenvalue weighted by Gasteiger charge is -2.29. The Kier molecular flexibility index (Phi) is 7.28. The fourth-order valence-corrected chi connectivity index (χ4v) is 7.58. The number of methoxy groups -OCH3 is 1. The molecule has 0 aliphatic heterocycles. The van der Waals surface area contributed by atoms with Crippen molar-refractivity contribution in [1.82, 2.24) is 0 Å². The first kappa shape index (κ1) is 20.2. The average molecular weight is 390 g/mol. The molecule has 3 aromatic rings. The highest BCUT2D eigenvalue weighted by Gasteiger charge is 2.24. The Labute approximate surface area is 168 Å². The summed E-state index contributed by atoms with van der Waals surface area (Å²) in [6.45, 7) is -1.87. The third-order valence-corrected chi connectivity index (χ3v) is 9.10. The average Bonchev–Trinajstić information content (AvgIpc) is 2.78. The number of carbonyl (C=O) groups is 1. The maximum Gasteiger partial charge on any atom is 0.305 e. The lowest BCUT2D eigenvalue weighted by molar-refractivity contribution is -0.140. The Bertz CT molecular complexity index is 815. The van der Waals surface area contributed by atoms with Gasteiger partial charge >= 0.3 is 5.97 Å². The van der Waals surface area contributed by atoms with Crippen LogP contribution in [-0.2, 0) is 9.53 Å². The van der Waals surface area contributed by atoms with Gasteiger partial charge in [-0.3, -0.25) is 4.79 Å². The van der Waals surface area contributed by atoms with Crippen molar-refractivity contribution in [2.24, 2.45) is 0 Å². The monoisotopic (exact) mass is 390 g/mol. The minimum atomic E-state index is -1.87. The first-order valence-corrected chi connectivity index (χ1v) is 11.6. The largest absolute Gasteiger partial charge is 0.469 e. The lowest BCUT2D eigenvalue weighted by atomic mass is 10.2. The van der Waals surface area contributed by atoms with Gasteiger partial charge in [0.15, 0.2) is 0 Å². The summed E-state index contributed by atoms with van der Waals surface area (Å²) in [6.07, 6.45) is 3.27. The smallest absolute Gasteiger partial charge is 0.305 e. The van der Waals surface area contributed by atoms with Gasteiger partial charge in [-0.05, 0) is 42.1 Å². The first-order chi connectivity index (χ1) is 13.8. The quantitative estimate of drug-likeness (QED) is 0.321. The van der Waals surface area contributed by atoms with Crippen molar-refractivity contribution < 1.29 is 9.53 Å². The number of unbranched alkanes of at least 4 members (excludes halogenated alkanes) is 2. The molecule has 0 aliphatic rings. The van der Waals surface area contributed by atoms with Crippen molar-refractivity contribution in [2.75, 3.05) is 7.11 Å². The molecule has 3 aromatic carbocycles. The molecule has 0 N–H and O–H groups in total. The Morgan fingerprint density at radius 3 is 1.57 bits per heavy atom. The van der Waals surface area contributed by atoms with Crippen LogP contribution >= 0.6 is 6.89 Å². The van der Waals surface area contributed by atoms with Gasteiger partial charge in [0.25, 0.3) is 0 Å². The molecule has 0 heterocycles. The zero-order chi connectivity index (χ0) is 19.7. The molecule has 0 atom stereocenters. The summed E-state index contributed by atoms with van der Waals surface area (Å²) in [7, 11) is 1.45. The van der Waals surface area contributed by atoms with Crippen molar-refractivity contribution in [3.05, 3.63) is 91.0 Å². The highest BCUT2D eigenvalue weighted by Crippen LogP contribution is 2.44. The van der Waals surface area contributed by atoms with E-state index in [-0.39, 0.29) is 5.97 Å². The molecule has 0 unspecified atom stereocenters. The molecule has 0 aromatic heterocycles.